The molecule has 4 heteroatoms. The smallest absolute Gasteiger partial charge is 0.407 e. The summed E-state index contributed by atoms with van der Waals surface area (Å²) in [6, 6.07) is 0.0697. The Morgan fingerprint density at radius 1 is 1.41 bits per heavy atom. The molecule has 1 heterocycles. The van der Waals surface area contributed by atoms with Crippen LogP contribution in [-0.2, 0) is 0 Å². The normalized spacial score (nSPS) is 26.0. The number of carboxylic acid groups (broad SMARTS) is 1. The molecule has 0 spiro atoms. The van der Waals surface area contributed by atoms with Crippen LogP contribution in [0.5, 0.6) is 0 Å². The van der Waals surface area contributed by atoms with E-state index in [0.29, 0.717) is 12.5 Å². The molecule has 2 unspecified atom stereocenters. The predicted octanol–water partition coefficient (Wildman–Crippen LogP) is 2.56. The highest BCUT2D eigenvalue weighted by atomic mass is 16.4. The second-order valence-electron chi connectivity index (χ2n) is 6.05. The van der Waals surface area contributed by atoms with E-state index in [2.05, 4.69) is 20.8 Å². The van der Waals surface area contributed by atoms with Crippen molar-refractivity contribution < 1.29 is 15.0 Å². The molecule has 2 N–H and O–H groups in total. The summed E-state index contributed by atoms with van der Waals surface area (Å²) in [7, 11) is 0. The number of likely N-dealkylation sites (tertiary alicyclic amines) is 1. The monoisotopic (exact) mass is 243 g/mol. The van der Waals surface area contributed by atoms with Gasteiger partial charge in [-0.25, -0.2) is 4.79 Å². The molecule has 4 nitrogen and oxygen atoms in total. The highest BCUT2D eigenvalue weighted by molar-refractivity contribution is 5.65. The van der Waals surface area contributed by atoms with Gasteiger partial charge in [-0.15, -0.1) is 0 Å². The van der Waals surface area contributed by atoms with Crippen LogP contribution >= 0.6 is 0 Å². The average molecular weight is 243 g/mol. The zero-order valence-electron chi connectivity index (χ0n) is 11.1. The van der Waals surface area contributed by atoms with Crippen LogP contribution in [0.3, 0.4) is 0 Å². The minimum absolute atomic E-state index is 0.0427. The molecular formula is C13H25NO3. The fourth-order valence-corrected chi connectivity index (χ4v) is 3.12. The van der Waals surface area contributed by atoms with E-state index in [4.69, 9.17) is 5.11 Å². The van der Waals surface area contributed by atoms with Gasteiger partial charge in [-0.1, -0.05) is 20.8 Å². The number of nitrogens with zero attached hydrogens (tertiary/aromatic N) is 1. The molecule has 0 bridgehead atoms. The third kappa shape index (κ3) is 3.60. The van der Waals surface area contributed by atoms with Crippen molar-refractivity contribution in [1.29, 1.82) is 0 Å². The van der Waals surface area contributed by atoms with Crippen LogP contribution in [0.1, 0.15) is 46.5 Å². The maximum Gasteiger partial charge on any atom is 0.407 e. The predicted molar refractivity (Wildman–Crippen MR) is 67.0 cm³/mol. The SMILES string of the molecule is CC(C)(C)C1C(CCCO)CCCN1C(=O)O. The molecular weight excluding hydrogens is 218 g/mol. The Balaban J connectivity index is 2.83. The maximum absolute atomic E-state index is 11.3. The van der Waals surface area contributed by atoms with Gasteiger partial charge in [0, 0.05) is 19.2 Å². The molecule has 1 fully saturated rings. The lowest BCUT2D eigenvalue weighted by molar-refractivity contribution is 0.0182. The number of hydrogen-bond acceptors (Lipinski definition) is 2. The Bertz CT molecular complexity index is 260. The lowest BCUT2D eigenvalue weighted by Crippen LogP contribution is -2.54. The van der Waals surface area contributed by atoms with Gasteiger partial charge in [-0.05, 0) is 37.0 Å². The number of rotatable bonds is 3. The van der Waals surface area contributed by atoms with Crippen molar-refractivity contribution in [3.63, 3.8) is 0 Å². The minimum Gasteiger partial charge on any atom is -0.465 e. The van der Waals surface area contributed by atoms with Crippen LogP contribution < -0.4 is 0 Å². The van der Waals surface area contributed by atoms with Gasteiger partial charge >= 0.3 is 6.09 Å². The molecule has 17 heavy (non-hydrogen) atoms. The molecule has 1 amide bonds. The Kier molecular flexibility index (Phi) is 4.80. The maximum atomic E-state index is 11.3. The van der Waals surface area contributed by atoms with Crippen LogP contribution in [0.25, 0.3) is 0 Å². The van der Waals surface area contributed by atoms with E-state index in [1.807, 2.05) is 0 Å². The lowest BCUT2D eigenvalue weighted by atomic mass is 9.72. The van der Waals surface area contributed by atoms with Crippen molar-refractivity contribution in [3.05, 3.63) is 0 Å². The molecule has 0 aromatic carbocycles. The summed E-state index contributed by atoms with van der Waals surface area (Å²) in [4.78, 5) is 12.9. The topological polar surface area (TPSA) is 60.8 Å². The van der Waals surface area contributed by atoms with Gasteiger partial charge in [0.05, 0.1) is 0 Å². The van der Waals surface area contributed by atoms with Gasteiger partial charge in [-0.3, -0.25) is 0 Å². The van der Waals surface area contributed by atoms with E-state index in [1.54, 1.807) is 4.90 Å². The fraction of sp³-hybridized carbons (Fsp3) is 0.923. The van der Waals surface area contributed by atoms with E-state index in [-0.39, 0.29) is 18.1 Å². The van der Waals surface area contributed by atoms with Gasteiger partial charge in [-0.2, -0.15) is 0 Å². The Morgan fingerprint density at radius 3 is 2.53 bits per heavy atom. The van der Waals surface area contributed by atoms with Crippen molar-refractivity contribution in [3.8, 4) is 0 Å². The first kappa shape index (κ1) is 14.3. The summed E-state index contributed by atoms with van der Waals surface area (Å²) >= 11 is 0. The Labute approximate surface area is 104 Å². The fourth-order valence-electron chi connectivity index (χ4n) is 3.12. The molecule has 0 saturated carbocycles. The summed E-state index contributed by atoms with van der Waals surface area (Å²) < 4.78 is 0. The summed E-state index contributed by atoms with van der Waals surface area (Å²) in [6.45, 7) is 7.15. The van der Waals surface area contributed by atoms with Gasteiger partial charge in [0.15, 0.2) is 0 Å². The van der Waals surface area contributed by atoms with E-state index >= 15 is 0 Å². The first-order valence-corrected chi connectivity index (χ1v) is 6.48. The number of hydrogen-bond donors (Lipinski definition) is 2. The molecule has 0 aromatic rings. The van der Waals surface area contributed by atoms with Gasteiger partial charge in [0.25, 0.3) is 0 Å². The van der Waals surface area contributed by atoms with Crippen molar-refractivity contribution in [2.24, 2.45) is 11.3 Å². The minimum atomic E-state index is -0.807. The number of amides is 1. The summed E-state index contributed by atoms with van der Waals surface area (Å²) in [5, 5.41) is 18.2. The zero-order valence-corrected chi connectivity index (χ0v) is 11.1. The summed E-state index contributed by atoms with van der Waals surface area (Å²) in [5.74, 6) is 0.381. The van der Waals surface area contributed by atoms with E-state index in [0.717, 1.165) is 25.7 Å². The quantitative estimate of drug-likeness (QED) is 0.801. The molecule has 2 atom stereocenters. The molecule has 100 valence electrons. The zero-order chi connectivity index (χ0) is 13.1. The lowest BCUT2D eigenvalue weighted by Gasteiger charge is -2.47. The second-order valence-corrected chi connectivity index (χ2v) is 6.05. The van der Waals surface area contributed by atoms with Crippen molar-refractivity contribution in [2.45, 2.75) is 52.5 Å². The number of aliphatic hydroxyl groups excluding tert-OH is 1. The largest absolute Gasteiger partial charge is 0.465 e. The van der Waals surface area contributed by atoms with Crippen molar-refractivity contribution in [1.82, 2.24) is 4.90 Å². The van der Waals surface area contributed by atoms with Crippen molar-refractivity contribution in [2.75, 3.05) is 13.2 Å². The number of aliphatic hydroxyl groups is 1. The molecule has 1 aliphatic heterocycles. The highest BCUT2D eigenvalue weighted by Crippen LogP contribution is 2.38. The van der Waals surface area contributed by atoms with Crippen LogP contribution in [0.2, 0.25) is 0 Å². The average Bonchev–Trinajstić information content (AvgIpc) is 2.24. The number of piperidine rings is 1. The molecule has 0 radical (unpaired) electrons. The van der Waals surface area contributed by atoms with Gasteiger partial charge in [0.2, 0.25) is 0 Å². The van der Waals surface area contributed by atoms with E-state index in [1.165, 1.54) is 0 Å². The summed E-state index contributed by atoms with van der Waals surface area (Å²) in [6.07, 6.45) is 2.90. The standard InChI is InChI=1S/C13H25NO3/c1-13(2,3)11-10(7-5-9-15)6-4-8-14(11)12(16)17/h10-11,15H,4-9H2,1-3H3,(H,16,17). The van der Waals surface area contributed by atoms with Crippen molar-refractivity contribution >= 4 is 6.09 Å². The Hall–Kier alpha value is -0.770. The van der Waals surface area contributed by atoms with Crippen LogP contribution in [0.15, 0.2) is 0 Å². The van der Waals surface area contributed by atoms with Gasteiger partial charge in [0.1, 0.15) is 0 Å². The van der Waals surface area contributed by atoms with E-state index < -0.39 is 6.09 Å². The first-order chi connectivity index (χ1) is 7.88. The second kappa shape index (κ2) is 5.71. The molecule has 1 saturated heterocycles. The van der Waals surface area contributed by atoms with Crippen LogP contribution in [0.4, 0.5) is 4.79 Å². The third-order valence-corrected chi connectivity index (χ3v) is 3.62. The van der Waals surface area contributed by atoms with Gasteiger partial charge < -0.3 is 15.1 Å². The Morgan fingerprint density at radius 2 is 2.06 bits per heavy atom. The van der Waals surface area contributed by atoms with E-state index in [9.17, 15) is 9.90 Å². The molecule has 1 rings (SSSR count). The first-order valence-electron chi connectivity index (χ1n) is 6.48. The highest BCUT2D eigenvalue weighted by Gasteiger charge is 2.41. The third-order valence-electron chi connectivity index (χ3n) is 3.62. The molecule has 1 aliphatic rings. The van der Waals surface area contributed by atoms with Crippen LogP contribution in [0, 0.1) is 11.3 Å². The summed E-state index contributed by atoms with van der Waals surface area (Å²) in [5.41, 5.74) is -0.0427. The molecule has 0 aromatic heterocycles. The molecule has 0 aliphatic carbocycles. The van der Waals surface area contributed by atoms with Crippen LogP contribution in [-0.4, -0.2) is 40.4 Å². The number of carbonyl (C=O) groups is 1.